The Morgan fingerprint density at radius 1 is 0.955 bits per heavy atom. The molecule has 1 unspecified atom stereocenters. The minimum absolute atomic E-state index is 0.0787. The molecular weight excluding hydrogens is 282 g/mol. The van der Waals surface area contributed by atoms with E-state index in [1.807, 2.05) is 0 Å². The van der Waals surface area contributed by atoms with E-state index in [2.05, 4.69) is 13.8 Å². The second-order valence-electron chi connectivity index (χ2n) is 5.94. The standard InChI is InChI=1S/C17H33NO4/c1-3-5-7-8-9-11-14(10-6-4-2)22-17(21)15(18)12-13-16(19)20/h14-15H,3-13,18H2,1-2H3,(H,19,20)/t14?,15-/m1/s1. The molecule has 5 nitrogen and oxygen atoms in total. The van der Waals surface area contributed by atoms with Crippen molar-refractivity contribution in [2.24, 2.45) is 5.73 Å². The molecule has 5 heteroatoms. The van der Waals surface area contributed by atoms with Crippen LogP contribution >= 0.6 is 0 Å². The molecule has 0 aliphatic rings. The first kappa shape index (κ1) is 20.9. The SMILES string of the molecule is CCCCCCCC(CCCC)OC(=O)[C@H](N)CCC(=O)O. The molecule has 0 spiro atoms. The average Bonchev–Trinajstić information content (AvgIpc) is 2.49. The van der Waals surface area contributed by atoms with Gasteiger partial charge in [-0.2, -0.15) is 0 Å². The van der Waals surface area contributed by atoms with Crippen LogP contribution in [0.25, 0.3) is 0 Å². The summed E-state index contributed by atoms with van der Waals surface area (Å²) in [6.07, 6.45) is 9.69. The number of carboxylic acid groups (broad SMARTS) is 1. The second-order valence-corrected chi connectivity index (χ2v) is 5.94. The largest absolute Gasteiger partial charge is 0.481 e. The van der Waals surface area contributed by atoms with E-state index in [0.717, 1.165) is 32.1 Å². The molecule has 0 fully saturated rings. The monoisotopic (exact) mass is 315 g/mol. The van der Waals surface area contributed by atoms with E-state index in [-0.39, 0.29) is 18.9 Å². The molecule has 130 valence electrons. The van der Waals surface area contributed by atoms with Crippen LogP contribution in [0.1, 0.15) is 84.5 Å². The molecule has 0 radical (unpaired) electrons. The van der Waals surface area contributed by atoms with E-state index < -0.39 is 18.0 Å². The highest BCUT2D eigenvalue weighted by molar-refractivity contribution is 5.76. The summed E-state index contributed by atoms with van der Waals surface area (Å²) in [6, 6.07) is -0.833. The number of carboxylic acids is 1. The maximum absolute atomic E-state index is 11.9. The van der Waals surface area contributed by atoms with Crippen molar-refractivity contribution in [2.45, 2.75) is 96.6 Å². The summed E-state index contributed by atoms with van der Waals surface area (Å²) in [5.74, 6) is -1.40. The van der Waals surface area contributed by atoms with Crippen molar-refractivity contribution in [1.82, 2.24) is 0 Å². The highest BCUT2D eigenvalue weighted by atomic mass is 16.5. The maximum Gasteiger partial charge on any atom is 0.323 e. The Hall–Kier alpha value is -1.10. The van der Waals surface area contributed by atoms with Gasteiger partial charge in [-0.25, -0.2) is 0 Å². The summed E-state index contributed by atoms with van der Waals surface area (Å²) in [5.41, 5.74) is 5.70. The molecule has 0 aromatic carbocycles. The van der Waals surface area contributed by atoms with Crippen LogP contribution in [0.3, 0.4) is 0 Å². The van der Waals surface area contributed by atoms with Crippen LogP contribution in [0.5, 0.6) is 0 Å². The van der Waals surface area contributed by atoms with E-state index >= 15 is 0 Å². The number of carbonyl (C=O) groups is 2. The Bertz CT molecular complexity index is 307. The summed E-state index contributed by atoms with van der Waals surface area (Å²) in [6.45, 7) is 4.29. The Labute approximate surface area is 134 Å². The minimum Gasteiger partial charge on any atom is -0.481 e. The number of rotatable bonds is 14. The maximum atomic E-state index is 11.9. The van der Waals surface area contributed by atoms with Gasteiger partial charge < -0.3 is 15.6 Å². The van der Waals surface area contributed by atoms with Gasteiger partial charge >= 0.3 is 11.9 Å². The lowest BCUT2D eigenvalue weighted by Crippen LogP contribution is -2.35. The van der Waals surface area contributed by atoms with Crippen molar-refractivity contribution in [3.63, 3.8) is 0 Å². The Morgan fingerprint density at radius 2 is 1.55 bits per heavy atom. The zero-order valence-corrected chi connectivity index (χ0v) is 14.2. The van der Waals surface area contributed by atoms with Gasteiger partial charge in [0.25, 0.3) is 0 Å². The van der Waals surface area contributed by atoms with Gasteiger partial charge in [0.2, 0.25) is 0 Å². The fourth-order valence-electron chi connectivity index (χ4n) is 2.32. The number of ether oxygens (including phenoxy) is 1. The van der Waals surface area contributed by atoms with Gasteiger partial charge in [-0.1, -0.05) is 52.4 Å². The number of hydrogen-bond acceptors (Lipinski definition) is 4. The predicted molar refractivity (Wildman–Crippen MR) is 87.6 cm³/mol. The van der Waals surface area contributed by atoms with Crippen LogP contribution in [0.4, 0.5) is 0 Å². The molecule has 0 aromatic heterocycles. The van der Waals surface area contributed by atoms with Crippen LogP contribution < -0.4 is 5.73 Å². The van der Waals surface area contributed by atoms with Crippen molar-refractivity contribution in [2.75, 3.05) is 0 Å². The molecule has 0 saturated carbocycles. The fraction of sp³-hybridized carbons (Fsp3) is 0.882. The minimum atomic E-state index is -0.943. The lowest BCUT2D eigenvalue weighted by molar-refractivity contribution is -0.151. The summed E-state index contributed by atoms with van der Waals surface area (Å²) in [4.78, 5) is 22.4. The number of unbranched alkanes of at least 4 members (excludes halogenated alkanes) is 5. The molecule has 0 aliphatic carbocycles. The van der Waals surface area contributed by atoms with Gasteiger partial charge in [-0.3, -0.25) is 9.59 Å². The average molecular weight is 315 g/mol. The summed E-state index contributed by atoms with van der Waals surface area (Å²) in [5, 5.41) is 8.62. The first-order valence-corrected chi connectivity index (χ1v) is 8.69. The van der Waals surface area contributed by atoms with Gasteiger partial charge in [-0.05, 0) is 25.7 Å². The van der Waals surface area contributed by atoms with E-state index in [0.29, 0.717) is 0 Å². The normalized spacial score (nSPS) is 13.6. The van der Waals surface area contributed by atoms with Gasteiger partial charge in [-0.15, -0.1) is 0 Å². The molecule has 0 heterocycles. The zero-order valence-electron chi connectivity index (χ0n) is 14.2. The van der Waals surface area contributed by atoms with E-state index in [1.54, 1.807) is 0 Å². The summed E-state index contributed by atoms with van der Waals surface area (Å²) in [7, 11) is 0. The van der Waals surface area contributed by atoms with Crippen LogP contribution in [-0.2, 0) is 14.3 Å². The lowest BCUT2D eigenvalue weighted by Gasteiger charge is -2.20. The Morgan fingerprint density at radius 3 is 2.14 bits per heavy atom. The molecule has 0 aliphatic heterocycles. The molecule has 22 heavy (non-hydrogen) atoms. The lowest BCUT2D eigenvalue weighted by atomic mass is 10.0. The van der Waals surface area contributed by atoms with Gasteiger partial charge in [0.15, 0.2) is 0 Å². The summed E-state index contributed by atoms with van der Waals surface area (Å²) < 4.78 is 5.50. The highest BCUT2D eigenvalue weighted by Gasteiger charge is 2.20. The van der Waals surface area contributed by atoms with Crippen LogP contribution in [0.15, 0.2) is 0 Å². The van der Waals surface area contributed by atoms with Gasteiger partial charge in [0.05, 0.1) is 0 Å². The summed E-state index contributed by atoms with van der Waals surface area (Å²) >= 11 is 0. The second kappa shape index (κ2) is 13.6. The highest BCUT2D eigenvalue weighted by Crippen LogP contribution is 2.15. The third-order valence-electron chi connectivity index (χ3n) is 3.76. The number of esters is 1. The smallest absolute Gasteiger partial charge is 0.323 e. The van der Waals surface area contributed by atoms with E-state index in [4.69, 9.17) is 15.6 Å². The van der Waals surface area contributed by atoms with Gasteiger partial charge in [0, 0.05) is 6.42 Å². The number of aliphatic carboxylic acids is 1. The zero-order chi connectivity index (χ0) is 16.8. The fourth-order valence-corrected chi connectivity index (χ4v) is 2.32. The predicted octanol–water partition coefficient (Wildman–Crippen LogP) is 3.64. The third kappa shape index (κ3) is 11.5. The first-order chi connectivity index (χ1) is 10.5. The van der Waals surface area contributed by atoms with Crippen molar-refractivity contribution in [3.8, 4) is 0 Å². The van der Waals surface area contributed by atoms with Crippen LogP contribution in [0.2, 0.25) is 0 Å². The topological polar surface area (TPSA) is 89.6 Å². The molecule has 3 N–H and O–H groups in total. The van der Waals surface area contributed by atoms with Crippen molar-refractivity contribution in [1.29, 1.82) is 0 Å². The first-order valence-electron chi connectivity index (χ1n) is 8.69. The molecule has 0 rings (SSSR count). The molecular formula is C17H33NO4. The van der Waals surface area contributed by atoms with Gasteiger partial charge in [0.1, 0.15) is 12.1 Å². The third-order valence-corrected chi connectivity index (χ3v) is 3.76. The number of carbonyl (C=O) groups excluding carboxylic acids is 1. The van der Waals surface area contributed by atoms with E-state index in [9.17, 15) is 9.59 Å². The van der Waals surface area contributed by atoms with Crippen LogP contribution in [0, 0.1) is 0 Å². The number of hydrogen-bond donors (Lipinski definition) is 2. The molecule has 2 atom stereocenters. The van der Waals surface area contributed by atoms with Crippen molar-refractivity contribution < 1.29 is 19.4 Å². The van der Waals surface area contributed by atoms with Crippen molar-refractivity contribution >= 4 is 11.9 Å². The number of nitrogens with two attached hydrogens (primary N) is 1. The van der Waals surface area contributed by atoms with E-state index in [1.165, 1.54) is 25.7 Å². The van der Waals surface area contributed by atoms with Crippen molar-refractivity contribution in [3.05, 3.63) is 0 Å². The molecule has 0 amide bonds. The van der Waals surface area contributed by atoms with Crippen LogP contribution in [-0.4, -0.2) is 29.2 Å². The quantitative estimate of drug-likeness (QED) is 0.377. The Kier molecular flexibility index (Phi) is 12.9. The molecule has 0 aromatic rings. The molecule has 0 bridgehead atoms. The molecule has 0 saturated heterocycles. The Balaban J connectivity index is 4.13.